The second-order valence-corrected chi connectivity index (χ2v) is 4.46. The number of ether oxygens (including phenoxy) is 2. The maximum atomic E-state index is 5.04. The zero-order chi connectivity index (χ0) is 11.6. The molecule has 0 saturated heterocycles. The number of hydrogen-bond donors (Lipinski definition) is 0. The Balaban J connectivity index is 2.43. The molecule has 1 aromatic heterocycles. The summed E-state index contributed by atoms with van der Waals surface area (Å²) in [6, 6.07) is 3.93. The molecule has 3 nitrogen and oxygen atoms in total. The fourth-order valence-electron chi connectivity index (χ4n) is 0.853. The average Bonchev–Trinajstić information content (AvgIpc) is 2.30. The van der Waals surface area contributed by atoms with E-state index in [0.29, 0.717) is 11.9 Å². The Morgan fingerprint density at radius 2 is 1.88 bits per heavy atom. The highest BCUT2D eigenvalue weighted by Gasteiger charge is 1.98. The number of hydrogen-bond acceptors (Lipinski definition) is 5. The van der Waals surface area contributed by atoms with Crippen molar-refractivity contribution in [3.8, 4) is 0 Å². The summed E-state index contributed by atoms with van der Waals surface area (Å²) in [5.41, 5.74) is 0. The van der Waals surface area contributed by atoms with Crippen LogP contribution in [0.3, 0.4) is 0 Å². The van der Waals surface area contributed by atoms with E-state index in [2.05, 4.69) is 18.1 Å². The Hall–Kier alpha value is -1.07. The number of thioether (sulfide) groups is 2. The summed E-state index contributed by atoms with van der Waals surface area (Å²) in [5, 5.41) is 0.922. The monoisotopic (exact) mass is 255 g/mol. The van der Waals surface area contributed by atoms with Crippen LogP contribution in [0.5, 0.6) is 0 Å². The van der Waals surface area contributed by atoms with Crippen LogP contribution in [0, 0.1) is 0 Å². The van der Waals surface area contributed by atoms with E-state index in [9.17, 15) is 0 Å². The lowest BCUT2D eigenvalue weighted by Gasteiger charge is -2.03. The summed E-state index contributed by atoms with van der Waals surface area (Å²) in [6.07, 6.45) is 4.62. The maximum Gasteiger partial charge on any atom is 0.139 e. The van der Waals surface area contributed by atoms with E-state index < -0.39 is 0 Å². The minimum Gasteiger partial charge on any atom is -0.491 e. The van der Waals surface area contributed by atoms with Crippen molar-refractivity contribution >= 4 is 23.5 Å². The number of rotatable bonds is 8. The van der Waals surface area contributed by atoms with Gasteiger partial charge in [0.25, 0.3) is 0 Å². The molecule has 0 unspecified atom stereocenters. The van der Waals surface area contributed by atoms with E-state index in [1.54, 1.807) is 18.0 Å². The van der Waals surface area contributed by atoms with Gasteiger partial charge in [-0.2, -0.15) is 0 Å². The topological polar surface area (TPSA) is 31.4 Å². The fourth-order valence-corrected chi connectivity index (χ4v) is 2.21. The van der Waals surface area contributed by atoms with Crippen LogP contribution >= 0.6 is 23.5 Å². The van der Waals surface area contributed by atoms with Crippen molar-refractivity contribution in [3.05, 3.63) is 44.0 Å². The molecule has 0 aliphatic rings. The molecule has 0 bridgehead atoms. The minimum atomic E-state index is 0.522. The average molecular weight is 255 g/mol. The zero-order valence-corrected chi connectivity index (χ0v) is 10.4. The molecule has 86 valence electrons. The summed E-state index contributed by atoms with van der Waals surface area (Å²) < 4.78 is 10.1. The van der Waals surface area contributed by atoms with Crippen molar-refractivity contribution in [2.24, 2.45) is 0 Å². The predicted molar refractivity (Wildman–Crippen MR) is 68.2 cm³/mol. The summed E-state index contributed by atoms with van der Waals surface area (Å²) in [5.74, 6) is 1.08. The first-order valence-electron chi connectivity index (χ1n) is 4.53. The van der Waals surface area contributed by atoms with Gasteiger partial charge in [0, 0.05) is 11.1 Å². The lowest BCUT2D eigenvalue weighted by Crippen LogP contribution is -1.86. The molecular formula is C11H13NO2S2. The van der Waals surface area contributed by atoms with Crippen LogP contribution < -0.4 is 0 Å². The first-order valence-corrected chi connectivity index (χ1v) is 6.50. The normalized spacial score (nSPS) is 9.50. The molecule has 0 N–H and O–H groups in total. The molecule has 1 heterocycles. The van der Waals surface area contributed by atoms with Crippen LogP contribution in [-0.2, 0) is 9.47 Å². The molecule has 0 aliphatic carbocycles. The number of nitrogens with zero attached hydrogens (tertiary/aromatic N) is 1. The smallest absolute Gasteiger partial charge is 0.139 e. The lowest BCUT2D eigenvalue weighted by atomic mass is 10.5. The first kappa shape index (κ1) is 13.0. The number of pyridine rings is 1. The molecule has 16 heavy (non-hydrogen) atoms. The van der Waals surface area contributed by atoms with Gasteiger partial charge in [-0.15, -0.1) is 0 Å². The van der Waals surface area contributed by atoms with E-state index >= 15 is 0 Å². The highest BCUT2D eigenvalue weighted by Crippen LogP contribution is 2.23. The van der Waals surface area contributed by atoms with Crippen LogP contribution in [0.4, 0.5) is 0 Å². The van der Waals surface area contributed by atoms with Crippen molar-refractivity contribution in [1.82, 2.24) is 4.98 Å². The van der Waals surface area contributed by atoms with Gasteiger partial charge in [-0.05, 0) is 12.1 Å². The Morgan fingerprint density at radius 3 is 2.56 bits per heavy atom. The highest BCUT2D eigenvalue weighted by molar-refractivity contribution is 7.99. The molecule has 0 aliphatic heterocycles. The third-order valence-corrected chi connectivity index (χ3v) is 3.12. The Labute approximate surface area is 104 Å². The quantitative estimate of drug-likeness (QED) is 0.307. The lowest BCUT2D eigenvalue weighted by molar-refractivity contribution is 0.319. The fraction of sp³-hybridized carbons (Fsp3) is 0.182. The molecular weight excluding hydrogens is 242 g/mol. The van der Waals surface area contributed by atoms with Crippen molar-refractivity contribution < 1.29 is 9.47 Å². The van der Waals surface area contributed by atoms with E-state index in [1.807, 2.05) is 12.1 Å². The summed E-state index contributed by atoms with van der Waals surface area (Å²) in [4.78, 5) is 5.32. The van der Waals surface area contributed by atoms with E-state index in [0.717, 1.165) is 9.92 Å². The molecule has 0 atom stereocenters. The second kappa shape index (κ2) is 8.13. The summed E-state index contributed by atoms with van der Waals surface area (Å²) >= 11 is 3.11. The molecule has 1 rings (SSSR count). The van der Waals surface area contributed by atoms with Crippen LogP contribution in [0.15, 0.2) is 53.9 Å². The highest BCUT2D eigenvalue weighted by atomic mass is 32.2. The van der Waals surface area contributed by atoms with Gasteiger partial charge < -0.3 is 9.47 Å². The van der Waals surface area contributed by atoms with Crippen molar-refractivity contribution in [1.29, 1.82) is 0 Å². The second-order valence-electron chi connectivity index (χ2n) is 2.52. The molecule has 0 spiro atoms. The van der Waals surface area contributed by atoms with Crippen LogP contribution in [0.25, 0.3) is 0 Å². The predicted octanol–water partition coefficient (Wildman–Crippen LogP) is 3.50. The van der Waals surface area contributed by atoms with Gasteiger partial charge in [-0.25, -0.2) is 4.98 Å². The summed E-state index contributed by atoms with van der Waals surface area (Å²) in [7, 11) is 0. The standard InChI is InChI=1S/C11H13NO2S2/c1-3-13-8-15-10-5-6-12-11(7-10)16-9-14-4-2/h3-7H,1-2,8-9H2. The van der Waals surface area contributed by atoms with E-state index in [-0.39, 0.29) is 0 Å². The summed E-state index contributed by atoms with van der Waals surface area (Å²) in [6.45, 7) is 6.95. The van der Waals surface area contributed by atoms with Gasteiger partial charge in [0.1, 0.15) is 16.9 Å². The largest absolute Gasteiger partial charge is 0.491 e. The number of aromatic nitrogens is 1. The van der Waals surface area contributed by atoms with Gasteiger partial charge in [0.15, 0.2) is 0 Å². The molecule has 0 aromatic carbocycles. The first-order chi connectivity index (χ1) is 7.86. The van der Waals surface area contributed by atoms with Crippen molar-refractivity contribution in [2.75, 3.05) is 11.9 Å². The molecule has 0 fully saturated rings. The van der Waals surface area contributed by atoms with Crippen molar-refractivity contribution in [3.63, 3.8) is 0 Å². The Bertz CT molecular complexity index is 315. The third-order valence-electron chi connectivity index (χ3n) is 1.51. The van der Waals surface area contributed by atoms with Gasteiger partial charge in [-0.3, -0.25) is 0 Å². The van der Waals surface area contributed by atoms with Crippen molar-refractivity contribution in [2.45, 2.75) is 9.92 Å². The molecule has 1 aromatic rings. The SMILES string of the molecule is C=COCSc1ccnc(SCOC=C)c1. The molecule has 0 amide bonds. The van der Waals surface area contributed by atoms with Gasteiger partial charge in [0.2, 0.25) is 0 Å². The van der Waals surface area contributed by atoms with Gasteiger partial charge in [-0.1, -0.05) is 36.7 Å². The Kier molecular flexibility index (Phi) is 6.60. The van der Waals surface area contributed by atoms with E-state index in [4.69, 9.17) is 9.47 Å². The van der Waals surface area contributed by atoms with E-state index in [1.165, 1.54) is 24.3 Å². The molecule has 0 saturated carbocycles. The minimum absolute atomic E-state index is 0.522. The van der Waals surface area contributed by atoms with Gasteiger partial charge >= 0.3 is 0 Å². The molecule has 0 radical (unpaired) electrons. The zero-order valence-electron chi connectivity index (χ0n) is 8.80. The van der Waals surface area contributed by atoms with Crippen LogP contribution in [-0.4, -0.2) is 16.9 Å². The Morgan fingerprint density at radius 1 is 1.19 bits per heavy atom. The van der Waals surface area contributed by atoms with Crippen LogP contribution in [0.2, 0.25) is 0 Å². The maximum absolute atomic E-state index is 5.04. The third kappa shape index (κ3) is 5.14. The van der Waals surface area contributed by atoms with Gasteiger partial charge in [0.05, 0.1) is 12.5 Å². The molecule has 5 heteroatoms. The van der Waals surface area contributed by atoms with Crippen LogP contribution in [0.1, 0.15) is 0 Å².